The Morgan fingerprint density at radius 1 is 0.306 bits per heavy atom. The maximum absolute atomic E-state index is 12.7. The average molecular weight is 936 g/mol. The topological polar surface area (TPSA) is 123 Å². The van der Waals surface area contributed by atoms with Gasteiger partial charge in [-0.25, -0.2) is 9.97 Å². The van der Waals surface area contributed by atoms with E-state index >= 15 is 0 Å². The first-order valence-corrected chi connectivity index (χ1v) is 23.8. The summed E-state index contributed by atoms with van der Waals surface area (Å²) < 4.78 is 5.10. The van der Waals surface area contributed by atoms with E-state index in [0.29, 0.717) is 19.6 Å². The molecule has 72 heavy (non-hydrogen) atoms. The van der Waals surface area contributed by atoms with Gasteiger partial charge >= 0.3 is 0 Å². The van der Waals surface area contributed by atoms with E-state index < -0.39 is 0 Å². The maximum Gasteiger partial charge on any atom is 0.250 e. The Morgan fingerprint density at radius 3 is 0.875 bits per heavy atom. The molecule has 10 heteroatoms. The number of H-pyrrole nitrogens is 2. The van der Waals surface area contributed by atoms with Gasteiger partial charge in [0.2, 0.25) is 0 Å². The number of benzene rings is 4. The minimum absolute atomic E-state index is 0.0531. The zero-order chi connectivity index (χ0) is 48.5. The molecule has 346 valence electrons. The Balaban J connectivity index is 1.10. The molecule has 0 spiro atoms. The summed E-state index contributed by atoms with van der Waals surface area (Å²) in [5.41, 5.74) is 17.0. The van der Waals surface area contributed by atoms with Crippen molar-refractivity contribution >= 4 is 46.4 Å². The molecule has 8 heterocycles. The van der Waals surface area contributed by atoms with E-state index in [1.165, 1.54) is 0 Å². The lowest BCUT2D eigenvalue weighted by Crippen LogP contribution is -2.18. The standard InChI is InChI=1S/C62H45N7O3/c70-56-12-4-7-35-67(56)38-41-15-21-45(22-16-41)60-50-29-27-48(63-50)59(44-10-2-1-3-11-44)49-28-30-51(64-49)61(46-23-17-42(18-24-46)39-68-36-8-5-13-57(68)71)53-32-34-55(66-53)62(54-33-31-52(60)65-54)47-25-19-43(20-26-47)40-69-37-9-6-14-58(69)72/h1-37,63,66H,38-40H2. The predicted molar refractivity (Wildman–Crippen MR) is 290 cm³/mol. The molecule has 0 radical (unpaired) electrons. The minimum Gasteiger partial charge on any atom is -0.354 e. The highest BCUT2D eigenvalue weighted by Gasteiger charge is 2.19. The van der Waals surface area contributed by atoms with Crippen LogP contribution < -0.4 is 16.7 Å². The summed E-state index contributed by atoms with van der Waals surface area (Å²) in [6, 6.07) is 59.4. The van der Waals surface area contributed by atoms with Gasteiger partial charge in [-0.3, -0.25) is 14.4 Å². The van der Waals surface area contributed by atoms with Crippen LogP contribution >= 0.6 is 0 Å². The summed E-state index contributed by atoms with van der Waals surface area (Å²) >= 11 is 0. The SMILES string of the molecule is O=c1ccccn1Cc1ccc(-c2c3nc(c(-c4ccc(Cn5ccccc5=O)cc4)c4ccc([nH]4)c(-c4ccc(Cn5ccccc5=O)cc4)c4nc(c(-c5ccccc5)c5ccc2[nH]5)C=C4)C=C3)cc1. The fraction of sp³-hybridized carbons (Fsp3) is 0.0484. The number of hydrogen-bond donors (Lipinski definition) is 2. The molecule has 12 rings (SSSR count). The van der Waals surface area contributed by atoms with Gasteiger partial charge in [-0.2, -0.15) is 0 Å². The van der Waals surface area contributed by atoms with E-state index in [2.05, 4.69) is 143 Å². The largest absolute Gasteiger partial charge is 0.354 e. The lowest BCUT2D eigenvalue weighted by atomic mass is 10.0. The van der Waals surface area contributed by atoms with Gasteiger partial charge in [-0.1, -0.05) is 121 Å². The van der Waals surface area contributed by atoms with Crippen molar-refractivity contribution in [2.75, 3.05) is 0 Å². The van der Waals surface area contributed by atoms with Crippen molar-refractivity contribution in [3.8, 4) is 44.5 Å². The number of hydrogen-bond acceptors (Lipinski definition) is 5. The smallest absolute Gasteiger partial charge is 0.250 e. The van der Waals surface area contributed by atoms with Crippen LogP contribution in [0.25, 0.3) is 90.9 Å². The third-order valence-corrected chi connectivity index (χ3v) is 13.3. The van der Waals surface area contributed by atoms with Crippen LogP contribution in [0.1, 0.15) is 39.5 Å². The quantitative estimate of drug-likeness (QED) is 0.141. The van der Waals surface area contributed by atoms with Crippen LogP contribution in [0, 0.1) is 0 Å². The summed E-state index contributed by atoms with van der Waals surface area (Å²) in [5.74, 6) is 0. The Hall–Kier alpha value is -9.67. The summed E-state index contributed by atoms with van der Waals surface area (Å²) in [4.78, 5) is 56.6. The first-order valence-electron chi connectivity index (χ1n) is 23.8. The monoisotopic (exact) mass is 935 g/mol. The predicted octanol–water partition coefficient (Wildman–Crippen LogP) is 12.0. The van der Waals surface area contributed by atoms with Gasteiger partial charge in [0.05, 0.1) is 42.4 Å². The first-order chi connectivity index (χ1) is 35.4. The molecule has 0 atom stereocenters. The van der Waals surface area contributed by atoms with Crippen LogP contribution in [0.3, 0.4) is 0 Å². The zero-order valence-corrected chi connectivity index (χ0v) is 38.9. The molecule has 10 nitrogen and oxygen atoms in total. The maximum atomic E-state index is 12.7. The van der Waals surface area contributed by atoms with Crippen LogP contribution in [0.5, 0.6) is 0 Å². The molecule has 8 bridgehead atoms. The fourth-order valence-electron chi connectivity index (χ4n) is 9.72. The molecule has 2 N–H and O–H groups in total. The molecule has 0 amide bonds. The molecule has 4 aromatic carbocycles. The van der Waals surface area contributed by atoms with Gasteiger partial charge in [0.25, 0.3) is 16.7 Å². The van der Waals surface area contributed by atoms with E-state index in [-0.39, 0.29) is 16.7 Å². The molecule has 0 aliphatic carbocycles. The number of aromatic nitrogens is 7. The summed E-state index contributed by atoms with van der Waals surface area (Å²) in [5, 5.41) is 0. The second-order valence-corrected chi connectivity index (χ2v) is 18.0. The van der Waals surface area contributed by atoms with Gasteiger partial charge in [0.1, 0.15) is 0 Å². The molecule has 10 aromatic rings. The zero-order valence-electron chi connectivity index (χ0n) is 38.9. The van der Waals surface area contributed by atoms with Gasteiger partial charge in [-0.05, 0) is 106 Å². The van der Waals surface area contributed by atoms with Crippen molar-refractivity contribution in [1.29, 1.82) is 0 Å². The third kappa shape index (κ3) is 8.58. The van der Waals surface area contributed by atoms with Crippen LogP contribution in [0.15, 0.2) is 215 Å². The summed E-state index contributed by atoms with van der Waals surface area (Å²) in [6.07, 6.45) is 13.8. The number of pyridine rings is 3. The molecule has 6 aromatic heterocycles. The number of fused-ring (bicyclic) bond motifs is 8. The minimum atomic E-state index is -0.0579. The number of aromatic amines is 2. The van der Waals surface area contributed by atoms with Crippen molar-refractivity contribution in [2.24, 2.45) is 0 Å². The molecular formula is C62H45N7O3. The van der Waals surface area contributed by atoms with Crippen molar-refractivity contribution in [2.45, 2.75) is 19.6 Å². The van der Waals surface area contributed by atoms with Crippen molar-refractivity contribution in [1.82, 2.24) is 33.6 Å². The second-order valence-electron chi connectivity index (χ2n) is 18.0. The molecule has 0 saturated heterocycles. The molecule has 0 saturated carbocycles. The van der Waals surface area contributed by atoms with Crippen molar-refractivity contribution < 1.29 is 0 Å². The van der Waals surface area contributed by atoms with Crippen LogP contribution in [0.2, 0.25) is 0 Å². The van der Waals surface area contributed by atoms with Crippen molar-refractivity contribution in [3.05, 3.63) is 271 Å². The fourth-order valence-corrected chi connectivity index (χ4v) is 9.72. The third-order valence-electron chi connectivity index (χ3n) is 13.3. The summed E-state index contributed by atoms with van der Waals surface area (Å²) in [7, 11) is 0. The highest BCUT2D eigenvalue weighted by molar-refractivity contribution is 5.99. The molecule has 0 fully saturated rings. The highest BCUT2D eigenvalue weighted by Crippen LogP contribution is 2.38. The van der Waals surface area contributed by atoms with E-state index in [1.807, 2.05) is 48.8 Å². The Morgan fingerprint density at radius 2 is 0.583 bits per heavy atom. The number of nitrogens with one attached hydrogen (secondary N) is 2. The van der Waals surface area contributed by atoms with Crippen LogP contribution in [-0.4, -0.2) is 33.6 Å². The first kappa shape index (κ1) is 43.6. The number of nitrogens with zero attached hydrogens (tertiary/aromatic N) is 5. The van der Waals surface area contributed by atoms with Crippen LogP contribution in [0.4, 0.5) is 0 Å². The highest BCUT2D eigenvalue weighted by atomic mass is 16.1. The molecule has 2 aliphatic rings. The van der Waals surface area contributed by atoms with Crippen molar-refractivity contribution in [3.63, 3.8) is 0 Å². The lowest BCUT2D eigenvalue weighted by Gasteiger charge is -2.09. The Labute approximate surface area is 413 Å². The molecular weight excluding hydrogens is 891 g/mol. The van der Waals surface area contributed by atoms with E-state index in [9.17, 15) is 14.4 Å². The van der Waals surface area contributed by atoms with Gasteiger partial charge in [0.15, 0.2) is 0 Å². The normalized spacial score (nSPS) is 11.8. The van der Waals surface area contributed by atoms with Gasteiger partial charge in [0, 0.05) is 81.1 Å². The lowest BCUT2D eigenvalue weighted by molar-refractivity contribution is 0.759. The van der Waals surface area contributed by atoms with Gasteiger partial charge in [-0.15, -0.1) is 0 Å². The van der Waals surface area contributed by atoms with Gasteiger partial charge < -0.3 is 23.7 Å². The Bertz CT molecular complexity index is 4020. The number of rotatable bonds is 10. The second kappa shape index (κ2) is 18.7. The Kier molecular flexibility index (Phi) is 11.3. The average Bonchev–Trinajstić information content (AvgIpc) is 4.27. The van der Waals surface area contributed by atoms with E-state index in [1.54, 1.807) is 56.3 Å². The molecule has 0 unspecified atom stereocenters. The van der Waals surface area contributed by atoms with E-state index in [0.717, 1.165) is 106 Å². The molecule has 2 aliphatic heterocycles. The van der Waals surface area contributed by atoms with E-state index in [4.69, 9.17) is 9.97 Å². The summed E-state index contributed by atoms with van der Waals surface area (Å²) in [6.45, 7) is 1.34. The van der Waals surface area contributed by atoms with Crippen LogP contribution in [-0.2, 0) is 19.6 Å².